The lowest BCUT2D eigenvalue weighted by Gasteiger charge is -2.56. The zero-order valence-corrected chi connectivity index (χ0v) is 17.4. The second-order valence-corrected chi connectivity index (χ2v) is 9.93. The van der Waals surface area contributed by atoms with E-state index in [-0.39, 0.29) is 11.4 Å². The Morgan fingerprint density at radius 2 is 1.66 bits per heavy atom. The van der Waals surface area contributed by atoms with Gasteiger partial charge in [-0.2, -0.15) is 0 Å². The number of carbonyl (C=O) groups is 1. The maximum atomic E-state index is 12.9. The number of benzene rings is 1. The molecule has 0 atom stereocenters. The molecule has 4 bridgehead atoms. The Hall–Kier alpha value is -2.23. The van der Waals surface area contributed by atoms with Crippen LogP contribution < -0.4 is 10.1 Å². The third kappa shape index (κ3) is 3.82. The zero-order valence-electron chi connectivity index (χ0n) is 17.4. The fraction of sp³-hybridized carbons (Fsp3) is 0.560. The van der Waals surface area contributed by atoms with Gasteiger partial charge in [-0.1, -0.05) is 26.0 Å². The van der Waals surface area contributed by atoms with Crippen molar-refractivity contribution in [1.29, 1.82) is 0 Å². The highest BCUT2D eigenvalue weighted by Gasteiger charge is 2.51. The molecule has 2 aromatic rings. The third-order valence-corrected chi connectivity index (χ3v) is 7.23. The monoisotopic (exact) mass is 393 g/mol. The van der Waals surface area contributed by atoms with Crippen molar-refractivity contribution < 1.29 is 13.9 Å². The molecule has 4 nitrogen and oxygen atoms in total. The van der Waals surface area contributed by atoms with Crippen molar-refractivity contribution in [1.82, 2.24) is 5.32 Å². The number of hydrogen-bond donors (Lipinski definition) is 1. The largest absolute Gasteiger partial charge is 0.486 e. The van der Waals surface area contributed by atoms with E-state index in [1.807, 2.05) is 18.2 Å². The van der Waals surface area contributed by atoms with Gasteiger partial charge in [0.1, 0.15) is 18.1 Å². The molecular weight excluding hydrogens is 362 g/mol. The van der Waals surface area contributed by atoms with Gasteiger partial charge in [-0.25, -0.2) is 0 Å². The molecule has 6 rings (SSSR count). The first-order valence-electron chi connectivity index (χ1n) is 11.1. The summed E-state index contributed by atoms with van der Waals surface area (Å²) in [5.41, 5.74) is 1.30. The molecule has 4 saturated carbocycles. The summed E-state index contributed by atoms with van der Waals surface area (Å²) in [6.07, 6.45) is 7.55. The maximum Gasteiger partial charge on any atom is 0.287 e. The van der Waals surface area contributed by atoms with E-state index in [0.29, 0.717) is 24.0 Å². The van der Waals surface area contributed by atoms with Gasteiger partial charge in [0, 0.05) is 5.54 Å². The van der Waals surface area contributed by atoms with E-state index in [2.05, 4.69) is 31.3 Å². The predicted octanol–water partition coefficient (Wildman–Crippen LogP) is 5.68. The van der Waals surface area contributed by atoms with Crippen LogP contribution in [0.4, 0.5) is 0 Å². The minimum absolute atomic E-state index is 0.00739. The van der Waals surface area contributed by atoms with Crippen LogP contribution in [0.5, 0.6) is 5.75 Å². The summed E-state index contributed by atoms with van der Waals surface area (Å²) >= 11 is 0. The SMILES string of the molecule is CC(C)c1ccc(OCc2ccc(C(=O)NC34CC5CC(CC(C5)C3)C4)o2)cc1. The van der Waals surface area contributed by atoms with Gasteiger partial charge >= 0.3 is 0 Å². The fourth-order valence-electron chi connectivity index (χ4n) is 6.25. The Bertz CT molecular complexity index is 844. The maximum absolute atomic E-state index is 12.9. The Kier molecular flexibility index (Phi) is 4.68. The molecule has 154 valence electrons. The first-order valence-corrected chi connectivity index (χ1v) is 11.1. The molecule has 1 aromatic carbocycles. The van der Waals surface area contributed by atoms with Crippen LogP contribution in [0.3, 0.4) is 0 Å². The Labute approximate surface area is 173 Å². The van der Waals surface area contributed by atoms with Crippen molar-refractivity contribution in [2.75, 3.05) is 0 Å². The minimum atomic E-state index is -0.0699. The molecule has 4 fully saturated rings. The standard InChI is InChI=1S/C25H31NO3/c1-16(2)20-3-5-21(6-4-20)28-15-22-7-8-23(29-22)24(27)26-25-12-17-9-18(13-25)11-19(10-17)14-25/h3-8,16-19H,9-15H2,1-2H3,(H,26,27). The van der Waals surface area contributed by atoms with E-state index >= 15 is 0 Å². The van der Waals surface area contributed by atoms with Gasteiger partial charge < -0.3 is 14.5 Å². The number of hydrogen-bond acceptors (Lipinski definition) is 3. The molecule has 1 aromatic heterocycles. The van der Waals surface area contributed by atoms with Gasteiger partial charge in [0.2, 0.25) is 0 Å². The third-order valence-electron chi connectivity index (χ3n) is 7.23. The predicted molar refractivity (Wildman–Crippen MR) is 112 cm³/mol. The Balaban J connectivity index is 1.19. The van der Waals surface area contributed by atoms with Crippen molar-refractivity contribution in [3.8, 4) is 5.75 Å². The molecule has 0 aliphatic heterocycles. The summed E-state index contributed by atoms with van der Waals surface area (Å²) in [5, 5.41) is 3.37. The Morgan fingerprint density at radius 1 is 1.03 bits per heavy atom. The van der Waals surface area contributed by atoms with Gasteiger partial charge in [-0.3, -0.25) is 4.79 Å². The molecule has 4 aliphatic rings. The second kappa shape index (κ2) is 7.23. The molecular formula is C25H31NO3. The molecule has 0 spiro atoms. The summed E-state index contributed by atoms with van der Waals surface area (Å²) < 4.78 is 11.6. The van der Waals surface area contributed by atoms with Crippen molar-refractivity contribution in [2.24, 2.45) is 17.8 Å². The van der Waals surface area contributed by atoms with E-state index in [9.17, 15) is 4.79 Å². The van der Waals surface area contributed by atoms with Crippen molar-refractivity contribution in [3.63, 3.8) is 0 Å². The van der Waals surface area contributed by atoms with Crippen molar-refractivity contribution in [2.45, 2.75) is 70.4 Å². The summed E-state index contributed by atoms with van der Waals surface area (Å²) in [6, 6.07) is 11.8. The van der Waals surface area contributed by atoms with Gasteiger partial charge in [-0.15, -0.1) is 0 Å². The average Bonchev–Trinajstić information content (AvgIpc) is 3.14. The summed E-state index contributed by atoms with van der Waals surface area (Å²) in [5.74, 6) is 4.75. The van der Waals surface area contributed by atoms with Gasteiger partial charge in [-0.05, 0) is 92.0 Å². The van der Waals surface area contributed by atoms with Crippen LogP contribution >= 0.6 is 0 Å². The number of nitrogens with one attached hydrogen (secondary N) is 1. The summed E-state index contributed by atoms with van der Waals surface area (Å²) in [6.45, 7) is 4.68. The van der Waals surface area contributed by atoms with E-state index in [1.165, 1.54) is 24.8 Å². The van der Waals surface area contributed by atoms with Gasteiger partial charge in [0.15, 0.2) is 5.76 Å². The van der Waals surface area contributed by atoms with Crippen LogP contribution in [-0.2, 0) is 6.61 Å². The molecule has 0 radical (unpaired) electrons. The first-order chi connectivity index (χ1) is 14.0. The molecule has 4 aliphatic carbocycles. The topological polar surface area (TPSA) is 51.5 Å². The number of ether oxygens (including phenoxy) is 1. The zero-order chi connectivity index (χ0) is 20.0. The lowest BCUT2D eigenvalue weighted by Crippen LogP contribution is -2.59. The minimum Gasteiger partial charge on any atom is -0.486 e. The first kappa shape index (κ1) is 18.8. The van der Waals surface area contributed by atoms with Crippen molar-refractivity contribution in [3.05, 3.63) is 53.5 Å². The van der Waals surface area contributed by atoms with Crippen LogP contribution in [0.15, 0.2) is 40.8 Å². The number of rotatable bonds is 6. The summed E-state index contributed by atoms with van der Waals surface area (Å²) in [4.78, 5) is 12.9. The van der Waals surface area contributed by atoms with E-state index in [4.69, 9.17) is 9.15 Å². The van der Waals surface area contributed by atoms with E-state index < -0.39 is 0 Å². The van der Waals surface area contributed by atoms with Crippen LogP contribution in [0.1, 0.15) is 80.2 Å². The van der Waals surface area contributed by atoms with E-state index in [0.717, 1.165) is 42.8 Å². The van der Waals surface area contributed by atoms with Crippen LogP contribution in [0, 0.1) is 17.8 Å². The molecule has 1 heterocycles. The lowest BCUT2D eigenvalue weighted by molar-refractivity contribution is -0.0171. The number of furan rings is 1. The van der Waals surface area contributed by atoms with Crippen LogP contribution in [0.25, 0.3) is 0 Å². The van der Waals surface area contributed by atoms with Gasteiger partial charge in [0.25, 0.3) is 5.91 Å². The molecule has 0 unspecified atom stereocenters. The lowest BCUT2D eigenvalue weighted by atomic mass is 9.53. The quantitative estimate of drug-likeness (QED) is 0.687. The van der Waals surface area contributed by atoms with Crippen LogP contribution in [0.2, 0.25) is 0 Å². The van der Waals surface area contributed by atoms with E-state index in [1.54, 1.807) is 6.07 Å². The van der Waals surface area contributed by atoms with Crippen molar-refractivity contribution >= 4 is 5.91 Å². The second-order valence-electron chi connectivity index (χ2n) is 9.93. The number of carbonyl (C=O) groups excluding carboxylic acids is 1. The highest BCUT2D eigenvalue weighted by Crippen LogP contribution is 2.55. The normalized spacial score (nSPS) is 30.0. The molecule has 29 heavy (non-hydrogen) atoms. The molecule has 0 saturated heterocycles. The molecule has 4 heteroatoms. The van der Waals surface area contributed by atoms with Gasteiger partial charge in [0.05, 0.1) is 0 Å². The smallest absolute Gasteiger partial charge is 0.287 e. The average molecular weight is 394 g/mol. The molecule has 1 amide bonds. The van der Waals surface area contributed by atoms with Crippen LogP contribution in [-0.4, -0.2) is 11.4 Å². The molecule has 1 N–H and O–H groups in total. The fourth-order valence-corrected chi connectivity index (χ4v) is 6.25. The summed E-state index contributed by atoms with van der Waals surface area (Å²) in [7, 11) is 0. The highest BCUT2D eigenvalue weighted by molar-refractivity contribution is 5.92. The highest BCUT2D eigenvalue weighted by atomic mass is 16.5. The Morgan fingerprint density at radius 3 is 2.24 bits per heavy atom. The number of amides is 1.